The summed E-state index contributed by atoms with van der Waals surface area (Å²) in [7, 11) is 0. The predicted octanol–water partition coefficient (Wildman–Crippen LogP) is 2.09. The van der Waals surface area contributed by atoms with Crippen LogP contribution in [0, 0.1) is 6.92 Å². The third kappa shape index (κ3) is 4.81. The Labute approximate surface area is 126 Å². The average molecular weight is 396 g/mol. The molecule has 0 spiro atoms. The van der Waals surface area contributed by atoms with E-state index >= 15 is 0 Å². The van der Waals surface area contributed by atoms with Crippen LogP contribution in [0.5, 0.6) is 0 Å². The van der Waals surface area contributed by atoms with Crippen LogP contribution in [0.1, 0.15) is 5.56 Å². The van der Waals surface area contributed by atoms with Crippen LogP contribution >= 0.6 is 31.9 Å². The molecule has 0 radical (unpaired) electrons. The number of aliphatic carboxylic acids is 1. The van der Waals surface area contributed by atoms with E-state index in [1.807, 2.05) is 19.1 Å². The summed E-state index contributed by atoms with van der Waals surface area (Å²) in [6.07, 6.45) is -1.63. The van der Waals surface area contributed by atoms with Crippen LogP contribution < -0.4 is 10.6 Å². The number of hydrogen-bond acceptors (Lipinski definition) is 3. The van der Waals surface area contributed by atoms with Gasteiger partial charge in [-0.3, -0.25) is 0 Å². The van der Waals surface area contributed by atoms with Gasteiger partial charge in [0.2, 0.25) is 0 Å². The molecule has 0 fully saturated rings. The van der Waals surface area contributed by atoms with Gasteiger partial charge in [-0.05, 0) is 56.5 Å². The Morgan fingerprint density at radius 1 is 1.32 bits per heavy atom. The number of urea groups is 1. The van der Waals surface area contributed by atoms with Crippen molar-refractivity contribution < 1.29 is 19.8 Å². The summed E-state index contributed by atoms with van der Waals surface area (Å²) < 4.78 is 1.38. The Bertz CT molecular complexity index is 484. The molecule has 0 aliphatic heterocycles. The van der Waals surface area contributed by atoms with Gasteiger partial charge in [0.25, 0.3) is 0 Å². The third-order valence-corrected chi connectivity index (χ3v) is 3.42. The van der Waals surface area contributed by atoms with Gasteiger partial charge in [-0.2, -0.15) is 0 Å². The Kier molecular flexibility index (Phi) is 5.77. The summed E-state index contributed by atoms with van der Waals surface area (Å²) in [5.74, 6) is -1.39. The zero-order valence-electron chi connectivity index (χ0n) is 9.91. The first-order valence-electron chi connectivity index (χ1n) is 5.22. The second-order valence-electron chi connectivity index (χ2n) is 3.79. The van der Waals surface area contributed by atoms with Gasteiger partial charge in [0, 0.05) is 8.95 Å². The monoisotopic (exact) mass is 394 g/mol. The normalized spacial score (nSPS) is 11.8. The summed E-state index contributed by atoms with van der Waals surface area (Å²) in [5.41, 5.74) is 1.53. The minimum Gasteiger partial charge on any atom is -0.479 e. The Morgan fingerprint density at radius 3 is 2.32 bits per heavy atom. The number of carboxylic acids is 1. The first-order valence-corrected chi connectivity index (χ1v) is 6.81. The largest absolute Gasteiger partial charge is 0.479 e. The van der Waals surface area contributed by atoms with Crippen molar-refractivity contribution in [3.63, 3.8) is 0 Å². The lowest BCUT2D eigenvalue weighted by molar-refractivity contribution is -0.146. The van der Waals surface area contributed by atoms with Gasteiger partial charge in [0.15, 0.2) is 6.10 Å². The standard InChI is InChI=1S/C11H12Br2N2O4/c1-5-2-6(12)9(7(13)3-5)15-11(19)14-4-8(16)10(17)18/h2-3,8,16H,4H2,1H3,(H,17,18)(H2,14,15,19)/t8-/m0/s1. The number of carbonyl (C=O) groups is 2. The van der Waals surface area contributed by atoms with Crippen molar-refractivity contribution in [3.05, 3.63) is 26.6 Å². The van der Waals surface area contributed by atoms with Crippen molar-refractivity contribution >= 4 is 49.5 Å². The molecule has 2 amide bonds. The molecule has 6 nitrogen and oxygen atoms in total. The zero-order chi connectivity index (χ0) is 14.6. The third-order valence-electron chi connectivity index (χ3n) is 2.17. The van der Waals surface area contributed by atoms with Gasteiger partial charge < -0.3 is 20.8 Å². The van der Waals surface area contributed by atoms with Crippen LogP contribution in [0.3, 0.4) is 0 Å². The highest BCUT2D eigenvalue weighted by Crippen LogP contribution is 2.32. The van der Waals surface area contributed by atoms with E-state index in [1.54, 1.807) is 0 Å². The molecule has 0 unspecified atom stereocenters. The number of anilines is 1. The van der Waals surface area contributed by atoms with Crippen molar-refractivity contribution in [2.45, 2.75) is 13.0 Å². The number of benzene rings is 1. The molecule has 1 rings (SSSR count). The van der Waals surface area contributed by atoms with E-state index in [1.165, 1.54) is 0 Å². The molecule has 0 heterocycles. The summed E-state index contributed by atoms with van der Waals surface area (Å²) in [6.45, 7) is 1.53. The van der Waals surface area contributed by atoms with Crippen molar-refractivity contribution in [2.75, 3.05) is 11.9 Å². The number of carbonyl (C=O) groups excluding carboxylic acids is 1. The van der Waals surface area contributed by atoms with E-state index in [4.69, 9.17) is 10.2 Å². The number of aryl methyl sites for hydroxylation is 1. The van der Waals surface area contributed by atoms with E-state index in [-0.39, 0.29) is 6.54 Å². The van der Waals surface area contributed by atoms with E-state index in [9.17, 15) is 9.59 Å². The molecule has 19 heavy (non-hydrogen) atoms. The molecule has 0 aromatic heterocycles. The Hall–Kier alpha value is -1.12. The van der Waals surface area contributed by atoms with Crippen LogP contribution in [0.4, 0.5) is 10.5 Å². The maximum absolute atomic E-state index is 11.6. The molecule has 0 bridgehead atoms. The number of amides is 2. The average Bonchev–Trinajstić information content (AvgIpc) is 2.30. The van der Waals surface area contributed by atoms with Crippen molar-refractivity contribution in [1.82, 2.24) is 5.32 Å². The highest BCUT2D eigenvalue weighted by molar-refractivity contribution is 9.11. The zero-order valence-corrected chi connectivity index (χ0v) is 13.1. The molecule has 8 heteroatoms. The molecular weight excluding hydrogens is 384 g/mol. The van der Waals surface area contributed by atoms with Gasteiger partial charge in [-0.1, -0.05) is 0 Å². The highest BCUT2D eigenvalue weighted by Gasteiger charge is 2.15. The van der Waals surface area contributed by atoms with Gasteiger partial charge in [0.05, 0.1) is 12.2 Å². The highest BCUT2D eigenvalue weighted by atomic mass is 79.9. The van der Waals surface area contributed by atoms with E-state index < -0.39 is 18.1 Å². The van der Waals surface area contributed by atoms with Crippen LogP contribution in [0.15, 0.2) is 21.1 Å². The van der Waals surface area contributed by atoms with E-state index in [0.717, 1.165) is 5.56 Å². The van der Waals surface area contributed by atoms with Crippen molar-refractivity contribution in [2.24, 2.45) is 0 Å². The molecular formula is C11H12Br2N2O4. The molecule has 1 aromatic carbocycles. The second kappa shape index (κ2) is 6.88. The molecule has 1 atom stereocenters. The summed E-state index contributed by atoms with van der Waals surface area (Å²) >= 11 is 6.63. The minimum absolute atomic E-state index is 0.373. The number of aliphatic hydroxyl groups is 1. The fraction of sp³-hybridized carbons (Fsp3) is 0.273. The molecule has 4 N–H and O–H groups in total. The minimum atomic E-state index is -1.63. The quantitative estimate of drug-likeness (QED) is 0.627. The van der Waals surface area contributed by atoms with Crippen LogP contribution in [-0.4, -0.2) is 34.9 Å². The Balaban J connectivity index is 2.65. The maximum atomic E-state index is 11.6. The van der Waals surface area contributed by atoms with E-state index in [2.05, 4.69) is 42.5 Å². The molecule has 0 aliphatic rings. The second-order valence-corrected chi connectivity index (χ2v) is 5.50. The predicted molar refractivity (Wildman–Crippen MR) is 77.2 cm³/mol. The molecule has 0 aliphatic carbocycles. The molecule has 0 saturated heterocycles. The summed E-state index contributed by atoms with van der Waals surface area (Å²) in [4.78, 5) is 21.9. The SMILES string of the molecule is Cc1cc(Br)c(NC(=O)NC[C@H](O)C(=O)O)c(Br)c1. The number of carboxylic acid groups (broad SMARTS) is 1. The molecule has 1 aromatic rings. The summed E-state index contributed by atoms with van der Waals surface area (Å²) in [6, 6.07) is 3.05. The van der Waals surface area contributed by atoms with Gasteiger partial charge in [0.1, 0.15) is 0 Å². The van der Waals surface area contributed by atoms with Crippen molar-refractivity contribution in [1.29, 1.82) is 0 Å². The van der Waals surface area contributed by atoms with Crippen LogP contribution in [-0.2, 0) is 4.79 Å². The van der Waals surface area contributed by atoms with Crippen LogP contribution in [0.2, 0.25) is 0 Å². The first-order chi connectivity index (χ1) is 8.81. The lowest BCUT2D eigenvalue weighted by atomic mass is 10.2. The fourth-order valence-corrected chi connectivity index (χ4v) is 2.87. The van der Waals surface area contributed by atoms with E-state index in [0.29, 0.717) is 14.6 Å². The summed E-state index contributed by atoms with van der Waals surface area (Å²) in [5, 5.41) is 22.3. The number of nitrogens with one attached hydrogen (secondary N) is 2. The number of hydrogen-bond donors (Lipinski definition) is 4. The number of aliphatic hydroxyl groups excluding tert-OH is 1. The molecule has 0 saturated carbocycles. The van der Waals surface area contributed by atoms with Gasteiger partial charge >= 0.3 is 12.0 Å². The van der Waals surface area contributed by atoms with Gasteiger partial charge in [-0.15, -0.1) is 0 Å². The fourth-order valence-electron chi connectivity index (χ4n) is 1.25. The molecule has 104 valence electrons. The maximum Gasteiger partial charge on any atom is 0.334 e. The Morgan fingerprint density at radius 2 is 1.84 bits per heavy atom. The van der Waals surface area contributed by atoms with Crippen LogP contribution in [0.25, 0.3) is 0 Å². The number of halogens is 2. The number of rotatable bonds is 4. The lowest BCUT2D eigenvalue weighted by Gasteiger charge is -2.12. The lowest BCUT2D eigenvalue weighted by Crippen LogP contribution is -2.38. The van der Waals surface area contributed by atoms with Gasteiger partial charge in [-0.25, -0.2) is 9.59 Å². The first kappa shape index (κ1) is 15.9. The topological polar surface area (TPSA) is 98.7 Å². The smallest absolute Gasteiger partial charge is 0.334 e. The van der Waals surface area contributed by atoms with Crippen molar-refractivity contribution in [3.8, 4) is 0 Å².